The molecule has 1 aliphatic heterocycles. The Balaban J connectivity index is 1.95. The van der Waals surface area contributed by atoms with Crippen LogP contribution in [-0.4, -0.2) is 18.1 Å². The van der Waals surface area contributed by atoms with Crippen molar-refractivity contribution < 1.29 is 14.4 Å². The second-order valence-corrected chi connectivity index (χ2v) is 6.37. The van der Waals surface area contributed by atoms with E-state index in [0.29, 0.717) is 30.4 Å². The number of anilines is 1. The van der Waals surface area contributed by atoms with Crippen molar-refractivity contribution in [1.82, 2.24) is 0 Å². The lowest BCUT2D eigenvalue weighted by Crippen LogP contribution is -2.19. The van der Waals surface area contributed by atoms with Crippen molar-refractivity contribution in [1.29, 1.82) is 5.26 Å². The van der Waals surface area contributed by atoms with E-state index in [2.05, 4.69) is 5.32 Å². The molecule has 7 heteroatoms. The molecule has 1 atom stereocenters. The van der Waals surface area contributed by atoms with E-state index in [-0.39, 0.29) is 23.2 Å². The number of fused-ring (bicyclic) bond motifs is 1. The van der Waals surface area contributed by atoms with Crippen LogP contribution in [0.25, 0.3) is 0 Å². The second-order valence-electron chi connectivity index (χ2n) is 6.37. The summed E-state index contributed by atoms with van der Waals surface area (Å²) in [5.74, 6) is 1.54. The molecular formula is C19H19N3O4. The van der Waals surface area contributed by atoms with Crippen LogP contribution in [0.15, 0.2) is 36.4 Å². The normalized spacial score (nSPS) is 13.8. The third kappa shape index (κ3) is 3.54. The average molecular weight is 353 g/mol. The lowest BCUT2D eigenvalue weighted by atomic mass is 9.95. The average Bonchev–Trinajstić information content (AvgIpc) is 2.65. The van der Waals surface area contributed by atoms with E-state index >= 15 is 0 Å². The van der Waals surface area contributed by atoms with Gasteiger partial charge in [0.25, 0.3) is 5.69 Å². The summed E-state index contributed by atoms with van der Waals surface area (Å²) >= 11 is 0. The molecule has 0 aromatic heterocycles. The predicted octanol–water partition coefficient (Wildman–Crippen LogP) is 4.05. The molecule has 134 valence electrons. The van der Waals surface area contributed by atoms with Crippen LogP contribution in [0.1, 0.15) is 31.0 Å². The molecule has 0 unspecified atom stereocenters. The first-order chi connectivity index (χ1) is 12.5. The summed E-state index contributed by atoms with van der Waals surface area (Å²) in [6.45, 7) is 5.08. The maximum atomic E-state index is 11.4. The standard InChI is InChI=1S/C19H19N3O4/c1-12(2)19(14-4-6-17-18(10-14)26-8-7-25-17)21-15-5-3-13(11-20)9-16(15)22(23)24/h3-6,9-10,12,19,21H,7-8H2,1-2H3/t19-/m0/s1. The van der Waals surface area contributed by atoms with E-state index in [1.165, 1.54) is 6.07 Å². The molecule has 0 saturated carbocycles. The van der Waals surface area contributed by atoms with Crippen LogP contribution in [-0.2, 0) is 0 Å². The van der Waals surface area contributed by atoms with Crippen molar-refractivity contribution in [2.24, 2.45) is 5.92 Å². The molecule has 1 aliphatic rings. The molecule has 2 aromatic rings. The second kappa shape index (κ2) is 7.31. The molecule has 0 aliphatic carbocycles. The van der Waals surface area contributed by atoms with E-state index in [4.69, 9.17) is 14.7 Å². The van der Waals surface area contributed by atoms with Crippen molar-refractivity contribution in [3.63, 3.8) is 0 Å². The summed E-state index contributed by atoms with van der Waals surface area (Å²) in [5.41, 5.74) is 1.46. The van der Waals surface area contributed by atoms with Gasteiger partial charge < -0.3 is 14.8 Å². The zero-order valence-electron chi connectivity index (χ0n) is 14.6. The van der Waals surface area contributed by atoms with Gasteiger partial charge in [-0.25, -0.2) is 0 Å². The molecule has 26 heavy (non-hydrogen) atoms. The van der Waals surface area contributed by atoms with Crippen molar-refractivity contribution in [2.75, 3.05) is 18.5 Å². The highest BCUT2D eigenvalue weighted by Gasteiger charge is 2.23. The zero-order chi connectivity index (χ0) is 18.7. The summed E-state index contributed by atoms with van der Waals surface area (Å²) < 4.78 is 11.2. The Morgan fingerprint density at radius 3 is 2.54 bits per heavy atom. The van der Waals surface area contributed by atoms with Gasteiger partial charge in [0.15, 0.2) is 11.5 Å². The quantitative estimate of drug-likeness (QED) is 0.643. The minimum atomic E-state index is -0.482. The SMILES string of the molecule is CC(C)[C@H](Nc1ccc(C#N)cc1[N+](=O)[O-])c1ccc2c(c1)OCCO2. The highest BCUT2D eigenvalue weighted by atomic mass is 16.6. The number of rotatable bonds is 5. The van der Waals surface area contributed by atoms with Crippen molar-refractivity contribution in [3.05, 3.63) is 57.6 Å². The van der Waals surface area contributed by atoms with Crippen LogP contribution in [0.4, 0.5) is 11.4 Å². The maximum Gasteiger partial charge on any atom is 0.293 e. The monoisotopic (exact) mass is 353 g/mol. The van der Waals surface area contributed by atoms with Gasteiger partial charge >= 0.3 is 0 Å². The van der Waals surface area contributed by atoms with Crippen molar-refractivity contribution >= 4 is 11.4 Å². The van der Waals surface area contributed by atoms with Crippen LogP contribution in [0.2, 0.25) is 0 Å². The first-order valence-electron chi connectivity index (χ1n) is 8.34. The summed E-state index contributed by atoms with van der Waals surface area (Å²) in [6, 6.07) is 11.9. The number of hydrogen-bond acceptors (Lipinski definition) is 6. The van der Waals surface area contributed by atoms with Crippen molar-refractivity contribution in [3.8, 4) is 17.6 Å². The highest BCUT2D eigenvalue weighted by molar-refractivity contribution is 5.65. The number of nitrogens with one attached hydrogen (secondary N) is 1. The molecule has 0 bridgehead atoms. The van der Waals surface area contributed by atoms with Gasteiger partial charge in [0.2, 0.25) is 0 Å². The summed E-state index contributed by atoms with van der Waals surface area (Å²) in [7, 11) is 0. The first kappa shape index (κ1) is 17.5. The Morgan fingerprint density at radius 2 is 1.88 bits per heavy atom. The van der Waals surface area contributed by atoms with Gasteiger partial charge in [-0.2, -0.15) is 5.26 Å². The molecule has 3 rings (SSSR count). The smallest absolute Gasteiger partial charge is 0.293 e. The summed E-state index contributed by atoms with van der Waals surface area (Å²) in [4.78, 5) is 10.9. The van der Waals surface area contributed by atoms with Gasteiger partial charge in [0.1, 0.15) is 18.9 Å². The number of hydrogen-bond donors (Lipinski definition) is 1. The van der Waals surface area contributed by atoms with Gasteiger partial charge in [-0.15, -0.1) is 0 Å². The van der Waals surface area contributed by atoms with Crippen molar-refractivity contribution in [2.45, 2.75) is 19.9 Å². The number of nitriles is 1. The molecule has 1 N–H and O–H groups in total. The highest BCUT2D eigenvalue weighted by Crippen LogP contribution is 2.37. The number of nitrogens with zero attached hydrogens (tertiary/aromatic N) is 2. The van der Waals surface area contributed by atoms with Crippen LogP contribution >= 0.6 is 0 Å². The van der Waals surface area contributed by atoms with E-state index in [1.807, 2.05) is 38.1 Å². The van der Waals surface area contributed by atoms with Crippen LogP contribution < -0.4 is 14.8 Å². The van der Waals surface area contributed by atoms with E-state index in [1.54, 1.807) is 12.1 Å². The molecule has 7 nitrogen and oxygen atoms in total. The molecule has 0 amide bonds. The number of ether oxygens (including phenoxy) is 2. The predicted molar refractivity (Wildman–Crippen MR) is 96.4 cm³/mol. The molecule has 0 spiro atoms. The Morgan fingerprint density at radius 1 is 1.15 bits per heavy atom. The Hall–Kier alpha value is -3.27. The minimum Gasteiger partial charge on any atom is -0.486 e. The van der Waals surface area contributed by atoms with E-state index in [0.717, 1.165) is 5.56 Å². The van der Waals surface area contributed by atoms with Gasteiger partial charge in [-0.3, -0.25) is 10.1 Å². The summed E-state index contributed by atoms with van der Waals surface area (Å²) in [6.07, 6.45) is 0. The van der Waals surface area contributed by atoms with E-state index < -0.39 is 4.92 Å². The number of nitro benzene ring substituents is 1. The lowest BCUT2D eigenvalue weighted by Gasteiger charge is -2.26. The van der Waals surface area contributed by atoms with Gasteiger partial charge in [-0.1, -0.05) is 19.9 Å². The van der Waals surface area contributed by atoms with Gasteiger partial charge in [0.05, 0.1) is 22.6 Å². The molecule has 0 fully saturated rings. The summed E-state index contributed by atoms with van der Waals surface area (Å²) in [5, 5.41) is 23.6. The Bertz CT molecular complexity index is 874. The largest absolute Gasteiger partial charge is 0.486 e. The van der Waals surface area contributed by atoms with Gasteiger partial charge in [0, 0.05) is 6.07 Å². The zero-order valence-corrected chi connectivity index (χ0v) is 14.6. The molecule has 2 aromatic carbocycles. The topological polar surface area (TPSA) is 97.4 Å². The van der Waals surface area contributed by atoms with Crippen LogP contribution in [0, 0.1) is 27.4 Å². The number of nitro groups is 1. The van der Waals surface area contributed by atoms with E-state index in [9.17, 15) is 10.1 Å². The molecule has 0 saturated heterocycles. The fourth-order valence-corrected chi connectivity index (χ4v) is 2.93. The van der Waals surface area contributed by atoms with Crippen LogP contribution in [0.5, 0.6) is 11.5 Å². The first-order valence-corrected chi connectivity index (χ1v) is 8.34. The lowest BCUT2D eigenvalue weighted by molar-refractivity contribution is -0.384. The number of benzene rings is 2. The fourth-order valence-electron chi connectivity index (χ4n) is 2.93. The van der Waals surface area contributed by atoms with Gasteiger partial charge in [-0.05, 0) is 35.7 Å². The molecular weight excluding hydrogens is 334 g/mol. The third-order valence-corrected chi connectivity index (χ3v) is 4.23. The van der Waals surface area contributed by atoms with Crippen LogP contribution in [0.3, 0.4) is 0 Å². The Kier molecular flexibility index (Phi) is 4.94. The maximum absolute atomic E-state index is 11.4. The minimum absolute atomic E-state index is 0.118. The molecule has 1 heterocycles. The fraction of sp³-hybridized carbons (Fsp3) is 0.316. The third-order valence-electron chi connectivity index (χ3n) is 4.23. The molecule has 0 radical (unpaired) electrons. The Labute approximate surface area is 151 Å².